The van der Waals surface area contributed by atoms with E-state index in [1.54, 1.807) is 0 Å². The monoisotopic (exact) mass is 254 g/mol. The van der Waals surface area contributed by atoms with Crippen molar-refractivity contribution in [1.29, 1.82) is 0 Å². The van der Waals surface area contributed by atoms with Crippen molar-refractivity contribution in [2.45, 2.75) is 77.7 Å². The zero-order chi connectivity index (χ0) is 13.1. The van der Waals surface area contributed by atoms with Gasteiger partial charge in [0.2, 0.25) is 0 Å². The molecule has 1 aliphatic rings. The Morgan fingerprint density at radius 1 is 1.00 bits per heavy atom. The van der Waals surface area contributed by atoms with E-state index in [0.29, 0.717) is 0 Å². The van der Waals surface area contributed by atoms with Crippen LogP contribution < -0.4 is 5.32 Å². The Morgan fingerprint density at radius 2 is 1.83 bits per heavy atom. The maximum absolute atomic E-state index is 3.48. The lowest BCUT2D eigenvalue weighted by molar-refractivity contribution is 0.209. The molecule has 1 rings (SSSR count). The van der Waals surface area contributed by atoms with Gasteiger partial charge in [0.05, 0.1) is 0 Å². The summed E-state index contributed by atoms with van der Waals surface area (Å²) in [6.45, 7) is 9.73. The molecule has 1 saturated heterocycles. The van der Waals surface area contributed by atoms with E-state index in [0.717, 1.165) is 6.04 Å². The smallest absolute Gasteiger partial charge is 0.00669 e. The van der Waals surface area contributed by atoms with E-state index < -0.39 is 0 Å². The fraction of sp³-hybridized carbons (Fsp3) is 1.00. The van der Waals surface area contributed by atoms with E-state index in [1.165, 1.54) is 84.0 Å². The topological polar surface area (TPSA) is 15.3 Å². The van der Waals surface area contributed by atoms with E-state index in [2.05, 4.69) is 24.1 Å². The molecule has 0 aromatic carbocycles. The molecule has 0 aliphatic carbocycles. The minimum Gasteiger partial charge on any atom is -0.317 e. The molecule has 0 spiro atoms. The van der Waals surface area contributed by atoms with E-state index in [4.69, 9.17) is 0 Å². The highest BCUT2D eigenvalue weighted by atomic mass is 15.1. The summed E-state index contributed by atoms with van der Waals surface area (Å²) in [7, 11) is 0. The number of hydrogen-bond acceptors (Lipinski definition) is 2. The molecule has 0 amide bonds. The predicted octanol–water partition coefficient (Wildman–Crippen LogP) is 3.81. The number of likely N-dealkylation sites (tertiary alicyclic amines) is 1. The van der Waals surface area contributed by atoms with Crippen molar-refractivity contribution < 1.29 is 0 Å². The summed E-state index contributed by atoms with van der Waals surface area (Å²) >= 11 is 0. The van der Waals surface area contributed by atoms with Crippen LogP contribution in [0.3, 0.4) is 0 Å². The lowest BCUT2D eigenvalue weighted by atomic mass is 10.1. The zero-order valence-electron chi connectivity index (χ0n) is 12.7. The zero-order valence-corrected chi connectivity index (χ0v) is 12.7. The first-order chi connectivity index (χ1) is 8.84. The molecule has 108 valence electrons. The third-order valence-corrected chi connectivity index (χ3v) is 4.17. The Kier molecular flexibility index (Phi) is 9.59. The highest BCUT2D eigenvalue weighted by molar-refractivity contribution is 4.71. The molecule has 0 bridgehead atoms. The van der Waals surface area contributed by atoms with Crippen LogP contribution in [0.5, 0.6) is 0 Å². The van der Waals surface area contributed by atoms with Gasteiger partial charge in [-0.3, -0.25) is 0 Å². The molecule has 18 heavy (non-hydrogen) atoms. The van der Waals surface area contributed by atoms with Gasteiger partial charge < -0.3 is 10.2 Å². The summed E-state index contributed by atoms with van der Waals surface area (Å²) in [6, 6.07) is 0.832. The van der Waals surface area contributed by atoms with Crippen molar-refractivity contribution >= 4 is 0 Å². The van der Waals surface area contributed by atoms with Gasteiger partial charge in [0, 0.05) is 6.04 Å². The maximum atomic E-state index is 3.48. The van der Waals surface area contributed by atoms with Crippen LogP contribution in [0.1, 0.15) is 71.6 Å². The normalized spacial score (nSPS) is 22.0. The van der Waals surface area contributed by atoms with Crippen molar-refractivity contribution in [2.75, 3.05) is 26.2 Å². The van der Waals surface area contributed by atoms with Crippen LogP contribution in [0.4, 0.5) is 0 Å². The van der Waals surface area contributed by atoms with Gasteiger partial charge in [-0.25, -0.2) is 0 Å². The Balaban J connectivity index is 1.93. The number of rotatable bonds is 9. The lowest BCUT2D eigenvalue weighted by Gasteiger charge is -2.26. The van der Waals surface area contributed by atoms with E-state index in [-0.39, 0.29) is 0 Å². The Labute approximate surface area is 115 Å². The van der Waals surface area contributed by atoms with E-state index >= 15 is 0 Å². The van der Waals surface area contributed by atoms with Gasteiger partial charge in [0.1, 0.15) is 0 Å². The fourth-order valence-corrected chi connectivity index (χ4v) is 2.89. The van der Waals surface area contributed by atoms with Gasteiger partial charge in [-0.05, 0) is 65.2 Å². The summed E-state index contributed by atoms with van der Waals surface area (Å²) in [5, 5.41) is 3.48. The SMILES string of the molecule is CCCNCCCCCCN1CCCCCC1C. The van der Waals surface area contributed by atoms with Crippen LogP contribution in [-0.2, 0) is 0 Å². The fourth-order valence-electron chi connectivity index (χ4n) is 2.89. The molecule has 0 aromatic rings. The summed E-state index contributed by atoms with van der Waals surface area (Å²) in [5.41, 5.74) is 0. The van der Waals surface area contributed by atoms with E-state index in [9.17, 15) is 0 Å². The number of nitrogens with zero attached hydrogens (tertiary/aromatic N) is 1. The summed E-state index contributed by atoms with van der Waals surface area (Å²) in [5.74, 6) is 0. The maximum Gasteiger partial charge on any atom is 0.00669 e. The minimum absolute atomic E-state index is 0.832. The van der Waals surface area contributed by atoms with Crippen molar-refractivity contribution in [2.24, 2.45) is 0 Å². The molecule has 2 nitrogen and oxygen atoms in total. The molecule has 0 radical (unpaired) electrons. The number of nitrogens with one attached hydrogen (secondary N) is 1. The van der Waals surface area contributed by atoms with Crippen LogP contribution in [0, 0.1) is 0 Å². The molecular formula is C16H34N2. The van der Waals surface area contributed by atoms with Gasteiger partial charge in [0.25, 0.3) is 0 Å². The van der Waals surface area contributed by atoms with Gasteiger partial charge >= 0.3 is 0 Å². The second kappa shape index (κ2) is 10.8. The van der Waals surface area contributed by atoms with E-state index in [1.807, 2.05) is 0 Å². The molecule has 1 atom stereocenters. The molecule has 1 unspecified atom stereocenters. The molecule has 1 N–H and O–H groups in total. The van der Waals surface area contributed by atoms with Gasteiger partial charge in [-0.1, -0.05) is 32.6 Å². The third kappa shape index (κ3) is 7.38. The predicted molar refractivity (Wildman–Crippen MR) is 81.1 cm³/mol. The largest absolute Gasteiger partial charge is 0.317 e. The number of unbranched alkanes of at least 4 members (excludes halogenated alkanes) is 3. The van der Waals surface area contributed by atoms with Crippen LogP contribution >= 0.6 is 0 Å². The average molecular weight is 254 g/mol. The number of hydrogen-bond donors (Lipinski definition) is 1. The molecular weight excluding hydrogens is 220 g/mol. The van der Waals surface area contributed by atoms with Crippen molar-refractivity contribution in [3.63, 3.8) is 0 Å². The van der Waals surface area contributed by atoms with Crippen molar-refractivity contribution in [3.8, 4) is 0 Å². The highest BCUT2D eigenvalue weighted by Crippen LogP contribution is 2.17. The Morgan fingerprint density at radius 3 is 2.67 bits per heavy atom. The van der Waals surface area contributed by atoms with Crippen LogP contribution in [-0.4, -0.2) is 37.1 Å². The third-order valence-electron chi connectivity index (χ3n) is 4.17. The molecule has 0 saturated carbocycles. The quantitative estimate of drug-likeness (QED) is 0.629. The lowest BCUT2D eigenvalue weighted by Crippen LogP contribution is -2.33. The summed E-state index contributed by atoms with van der Waals surface area (Å²) in [4.78, 5) is 2.72. The first-order valence-corrected chi connectivity index (χ1v) is 8.29. The molecule has 0 aromatic heterocycles. The average Bonchev–Trinajstić information content (AvgIpc) is 2.58. The molecule has 1 heterocycles. The molecule has 1 fully saturated rings. The molecule has 1 aliphatic heterocycles. The molecule has 2 heteroatoms. The highest BCUT2D eigenvalue weighted by Gasteiger charge is 2.15. The standard InChI is InChI=1S/C16H34N2/c1-3-12-17-13-8-4-5-9-14-18-15-10-6-7-11-16(18)2/h16-17H,3-15H2,1-2H3. The second-order valence-corrected chi connectivity index (χ2v) is 5.90. The summed E-state index contributed by atoms with van der Waals surface area (Å²) < 4.78 is 0. The first kappa shape index (κ1) is 16.0. The van der Waals surface area contributed by atoms with Gasteiger partial charge in [0.15, 0.2) is 0 Å². The van der Waals surface area contributed by atoms with Crippen molar-refractivity contribution in [3.05, 3.63) is 0 Å². The van der Waals surface area contributed by atoms with Crippen molar-refractivity contribution in [1.82, 2.24) is 10.2 Å². The Bertz CT molecular complexity index is 182. The minimum atomic E-state index is 0.832. The van der Waals surface area contributed by atoms with Gasteiger partial charge in [-0.2, -0.15) is 0 Å². The van der Waals surface area contributed by atoms with Crippen LogP contribution in [0.15, 0.2) is 0 Å². The Hall–Kier alpha value is -0.0800. The van der Waals surface area contributed by atoms with Gasteiger partial charge in [-0.15, -0.1) is 0 Å². The van der Waals surface area contributed by atoms with Crippen LogP contribution in [0.2, 0.25) is 0 Å². The first-order valence-electron chi connectivity index (χ1n) is 8.29. The second-order valence-electron chi connectivity index (χ2n) is 5.90. The summed E-state index contributed by atoms with van der Waals surface area (Å²) in [6.07, 6.45) is 12.6. The van der Waals surface area contributed by atoms with Crippen LogP contribution in [0.25, 0.3) is 0 Å².